The normalized spacial score (nSPS) is 20.2. The molecule has 1 saturated heterocycles. The minimum absolute atomic E-state index is 0. The van der Waals surface area contributed by atoms with Gasteiger partial charge in [0.15, 0.2) is 0 Å². The molecule has 0 aromatic heterocycles. The first-order chi connectivity index (χ1) is 7.02. The van der Waals surface area contributed by atoms with Crippen molar-refractivity contribution in [1.82, 2.24) is 9.80 Å². The molecule has 1 fully saturated rings. The van der Waals surface area contributed by atoms with Crippen molar-refractivity contribution in [3.8, 4) is 0 Å². The molecular weight excluding hydrogens is 226 g/mol. The highest BCUT2D eigenvalue weighted by Crippen LogP contribution is 2.07. The van der Waals surface area contributed by atoms with E-state index in [1.54, 1.807) is 0 Å². The van der Waals surface area contributed by atoms with Crippen LogP contribution in [0.2, 0.25) is 0 Å². The molecule has 0 aromatic rings. The van der Waals surface area contributed by atoms with E-state index in [-0.39, 0.29) is 30.3 Å². The van der Waals surface area contributed by atoms with Crippen molar-refractivity contribution in [3.05, 3.63) is 0 Å². The van der Waals surface area contributed by atoms with Crippen LogP contribution < -0.4 is 5.73 Å². The second-order valence-corrected chi connectivity index (χ2v) is 4.75. The number of amides is 1. The van der Waals surface area contributed by atoms with Crippen LogP contribution in [0.5, 0.6) is 0 Å². The molecule has 0 saturated carbocycles. The van der Waals surface area contributed by atoms with Gasteiger partial charge in [-0.2, -0.15) is 0 Å². The third-order valence-electron chi connectivity index (χ3n) is 3.03. The van der Waals surface area contributed by atoms with E-state index in [0.29, 0.717) is 0 Å². The maximum Gasteiger partial charge on any atom is 0.239 e. The Balaban J connectivity index is 0.00000225. The molecule has 0 bridgehead atoms. The number of carbonyl (C=O) groups is 1. The molecule has 1 rings (SSSR count). The summed E-state index contributed by atoms with van der Waals surface area (Å²) in [5, 5.41) is 0. The smallest absolute Gasteiger partial charge is 0.239 e. The minimum Gasteiger partial charge on any atom is -0.340 e. The van der Waals surface area contributed by atoms with Gasteiger partial charge in [-0.25, -0.2) is 0 Å². The Morgan fingerprint density at radius 1 is 1.19 bits per heavy atom. The summed E-state index contributed by atoms with van der Waals surface area (Å²) in [4.78, 5) is 16.2. The highest BCUT2D eigenvalue weighted by atomic mass is 35.5. The monoisotopic (exact) mass is 249 g/mol. The first-order valence-electron chi connectivity index (χ1n) is 5.75. The van der Waals surface area contributed by atoms with Gasteiger partial charge < -0.3 is 15.5 Å². The highest BCUT2D eigenvalue weighted by Gasteiger charge is 2.24. The molecule has 5 heteroatoms. The third kappa shape index (κ3) is 4.28. The number of nitrogens with two attached hydrogens (primary N) is 1. The Bertz CT molecular complexity index is 223. The Labute approximate surface area is 105 Å². The Kier molecular flexibility index (Phi) is 6.95. The molecule has 0 radical (unpaired) electrons. The van der Waals surface area contributed by atoms with Crippen LogP contribution in [0.15, 0.2) is 0 Å². The summed E-state index contributed by atoms with van der Waals surface area (Å²) in [6.45, 7) is 7.68. The first-order valence-corrected chi connectivity index (χ1v) is 5.75. The summed E-state index contributed by atoms with van der Waals surface area (Å²) >= 11 is 0. The van der Waals surface area contributed by atoms with Gasteiger partial charge in [-0.15, -0.1) is 12.4 Å². The fraction of sp³-hybridized carbons (Fsp3) is 0.909. The van der Waals surface area contributed by atoms with Crippen LogP contribution >= 0.6 is 12.4 Å². The summed E-state index contributed by atoms with van der Waals surface area (Å²) in [6, 6.07) is -0.339. The summed E-state index contributed by atoms with van der Waals surface area (Å²) in [5.74, 6) is 0.332. The molecule has 0 aliphatic carbocycles. The summed E-state index contributed by atoms with van der Waals surface area (Å²) in [5.41, 5.74) is 5.87. The van der Waals surface area contributed by atoms with Gasteiger partial charge >= 0.3 is 0 Å². The molecule has 96 valence electrons. The summed E-state index contributed by atoms with van der Waals surface area (Å²) < 4.78 is 0. The van der Waals surface area contributed by atoms with Gasteiger partial charge in [0.2, 0.25) is 5.91 Å². The molecule has 1 heterocycles. The maximum absolute atomic E-state index is 12.0. The lowest BCUT2D eigenvalue weighted by Gasteiger charge is -2.25. The summed E-state index contributed by atoms with van der Waals surface area (Å²) in [6.07, 6.45) is 1.05. The molecule has 4 nitrogen and oxygen atoms in total. The largest absolute Gasteiger partial charge is 0.340 e. The second kappa shape index (κ2) is 7.09. The molecule has 1 aliphatic heterocycles. The van der Waals surface area contributed by atoms with E-state index in [4.69, 9.17) is 5.73 Å². The van der Waals surface area contributed by atoms with Crippen molar-refractivity contribution in [3.63, 3.8) is 0 Å². The van der Waals surface area contributed by atoms with E-state index in [1.165, 1.54) is 0 Å². The van der Waals surface area contributed by atoms with Crippen molar-refractivity contribution in [2.24, 2.45) is 11.7 Å². The molecule has 0 aromatic carbocycles. The molecule has 1 aliphatic rings. The fourth-order valence-electron chi connectivity index (χ4n) is 1.76. The lowest BCUT2D eigenvalue weighted by Crippen LogP contribution is -2.47. The number of hydrogen-bond acceptors (Lipinski definition) is 3. The third-order valence-corrected chi connectivity index (χ3v) is 3.03. The minimum atomic E-state index is -0.339. The molecule has 2 N–H and O–H groups in total. The van der Waals surface area contributed by atoms with Gasteiger partial charge in [0.1, 0.15) is 0 Å². The lowest BCUT2D eigenvalue weighted by atomic mass is 10.0. The fourth-order valence-corrected chi connectivity index (χ4v) is 1.76. The standard InChI is InChI=1S/C11H23N3O.ClH/c1-9(2)10(12)11(15)14-6-4-5-13(3)7-8-14;/h9-10H,4-8,12H2,1-3H3;1H. The number of likely N-dealkylation sites (N-methyl/N-ethyl adjacent to an activating group) is 1. The molecule has 0 spiro atoms. The number of carbonyl (C=O) groups excluding carboxylic acids is 1. The lowest BCUT2D eigenvalue weighted by molar-refractivity contribution is -0.133. The summed E-state index contributed by atoms with van der Waals surface area (Å²) in [7, 11) is 2.09. The number of hydrogen-bond donors (Lipinski definition) is 1. The number of nitrogens with zero attached hydrogens (tertiary/aromatic N) is 2. The van der Waals surface area contributed by atoms with Gasteiger partial charge in [0.05, 0.1) is 6.04 Å². The van der Waals surface area contributed by atoms with Crippen LogP contribution in [-0.2, 0) is 4.79 Å². The average molecular weight is 250 g/mol. The molecule has 1 atom stereocenters. The van der Waals surface area contributed by atoms with Crippen LogP contribution in [-0.4, -0.2) is 55.0 Å². The van der Waals surface area contributed by atoms with Crippen LogP contribution in [0.1, 0.15) is 20.3 Å². The van der Waals surface area contributed by atoms with E-state index in [2.05, 4.69) is 11.9 Å². The van der Waals surface area contributed by atoms with Gasteiger partial charge in [0, 0.05) is 19.6 Å². The molecule has 1 unspecified atom stereocenters. The maximum atomic E-state index is 12.0. The molecular formula is C11H24ClN3O. The molecule has 16 heavy (non-hydrogen) atoms. The zero-order chi connectivity index (χ0) is 11.4. The quantitative estimate of drug-likeness (QED) is 0.778. The Morgan fingerprint density at radius 3 is 2.38 bits per heavy atom. The van der Waals surface area contributed by atoms with Crippen molar-refractivity contribution in [2.75, 3.05) is 33.2 Å². The van der Waals surface area contributed by atoms with Crippen molar-refractivity contribution in [1.29, 1.82) is 0 Å². The van der Waals surface area contributed by atoms with Crippen LogP contribution in [0.4, 0.5) is 0 Å². The van der Waals surface area contributed by atoms with E-state index in [9.17, 15) is 4.79 Å². The zero-order valence-electron chi connectivity index (χ0n) is 10.5. The van der Waals surface area contributed by atoms with Gasteiger partial charge in [-0.05, 0) is 25.9 Å². The van der Waals surface area contributed by atoms with Gasteiger partial charge in [-0.3, -0.25) is 4.79 Å². The predicted octanol–water partition coefficient (Wildman–Crippen LogP) is 0.556. The molecule has 1 amide bonds. The first kappa shape index (κ1) is 15.7. The Hall–Kier alpha value is -0.320. The van der Waals surface area contributed by atoms with Crippen LogP contribution in [0.3, 0.4) is 0 Å². The highest BCUT2D eigenvalue weighted by molar-refractivity contribution is 5.85. The van der Waals surface area contributed by atoms with Gasteiger partial charge in [-0.1, -0.05) is 13.8 Å². The van der Waals surface area contributed by atoms with Crippen molar-refractivity contribution < 1.29 is 4.79 Å². The van der Waals surface area contributed by atoms with E-state index in [1.807, 2.05) is 18.7 Å². The van der Waals surface area contributed by atoms with Crippen molar-refractivity contribution in [2.45, 2.75) is 26.3 Å². The SMILES string of the molecule is CC(C)C(N)C(=O)N1CCCN(C)CC1.Cl. The number of rotatable bonds is 2. The van der Waals surface area contributed by atoms with E-state index in [0.717, 1.165) is 32.6 Å². The van der Waals surface area contributed by atoms with Crippen LogP contribution in [0, 0.1) is 5.92 Å². The average Bonchev–Trinajstić information content (AvgIpc) is 2.40. The second-order valence-electron chi connectivity index (χ2n) is 4.75. The van der Waals surface area contributed by atoms with E-state index >= 15 is 0 Å². The predicted molar refractivity (Wildman–Crippen MR) is 68.8 cm³/mol. The van der Waals surface area contributed by atoms with Crippen LogP contribution in [0.25, 0.3) is 0 Å². The van der Waals surface area contributed by atoms with Crippen molar-refractivity contribution >= 4 is 18.3 Å². The zero-order valence-corrected chi connectivity index (χ0v) is 11.3. The Morgan fingerprint density at radius 2 is 1.81 bits per heavy atom. The topological polar surface area (TPSA) is 49.6 Å². The number of halogens is 1. The van der Waals surface area contributed by atoms with Gasteiger partial charge in [0.25, 0.3) is 0 Å². The van der Waals surface area contributed by atoms with E-state index < -0.39 is 0 Å².